The molecule has 64 heavy (non-hydrogen) atoms. The highest BCUT2D eigenvalue weighted by atomic mass is 19.1. The minimum absolute atomic E-state index is 0.00661. The summed E-state index contributed by atoms with van der Waals surface area (Å²) in [6, 6.07) is 8.12. The zero-order valence-corrected chi connectivity index (χ0v) is 39.4. The molecule has 4 aliphatic rings. The fraction of sp³-hybridized carbons (Fsp3) is 0.700. The van der Waals surface area contributed by atoms with Crippen LogP contribution in [-0.2, 0) is 42.9 Å². The first-order valence-electron chi connectivity index (χ1n) is 23.5. The third kappa shape index (κ3) is 12.3. The number of alkyl halides is 1. The van der Waals surface area contributed by atoms with Crippen LogP contribution in [-0.4, -0.2) is 115 Å². The molecule has 5 rings (SSSR count). The Kier molecular flexibility index (Phi) is 18.3. The molecule has 0 aromatic heterocycles. The van der Waals surface area contributed by atoms with E-state index < -0.39 is 77.8 Å². The van der Waals surface area contributed by atoms with Crippen LogP contribution in [0, 0.1) is 29.6 Å². The van der Waals surface area contributed by atoms with Gasteiger partial charge in [-0.3, -0.25) is 19.2 Å². The lowest BCUT2D eigenvalue weighted by Gasteiger charge is -2.47. The number of piperidine rings is 1. The van der Waals surface area contributed by atoms with Crippen LogP contribution in [0.15, 0.2) is 53.6 Å². The van der Waals surface area contributed by atoms with Crippen molar-refractivity contribution in [2.45, 2.75) is 174 Å². The second-order valence-electron chi connectivity index (χ2n) is 18.9. The third-order valence-electron chi connectivity index (χ3n) is 14.1. The SMILES string of the molecule is CCC1/C=C(\C)C(F)C(C)CC(OC)C2OC(O)(C(=O)C(=O)N3CCCCC3C(=O)OC(C(C)=CC3CCC(NC(C)=O)C(Oc4ccccc4)C3)C(C)CCC1=O)C(C)CC2OC. The van der Waals surface area contributed by atoms with Crippen LogP contribution in [0.25, 0.3) is 0 Å². The maximum absolute atomic E-state index is 16.3. The third-order valence-corrected chi connectivity index (χ3v) is 14.1. The van der Waals surface area contributed by atoms with Gasteiger partial charge < -0.3 is 39.0 Å². The lowest BCUT2D eigenvalue weighted by atomic mass is 9.81. The zero-order chi connectivity index (χ0) is 46.9. The van der Waals surface area contributed by atoms with Crippen LogP contribution in [0.5, 0.6) is 5.75 Å². The quantitative estimate of drug-likeness (QED) is 0.156. The molecule has 3 heterocycles. The normalized spacial score (nSPS) is 37.6. The molecule has 14 unspecified atom stereocenters. The molecule has 2 N–H and O–H groups in total. The van der Waals surface area contributed by atoms with Crippen molar-refractivity contribution in [3.05, 3.63) is 53.6 Å². The van der Waals surface area contributed by atoms with E-state index in [4.69, 9.17) is 23.7 Å². The second-order valence-corrected chi connectivity index (χ2v) is 18.9. The Bertz CT molecular complexity index is 1840. The average Bonchev–Trinajstić information content (AvgIpc) is 3.28. The molecule has 3 aliphatic heterocycles. The number of fused-ring (bicyclic) bond motifs is 3. The Hall–Kier alpha value is -3.98. The molecule has 2 amide bonds. The van der Waals surface area contributed by atoms with Gasteiger partial charge in [0, 0.05) is 45.9 Å². The van der Waals surface area contributed by atoms with Crippen molar-refractivity contribution < 1.29 is 57.2 Å². The predicted molar refractivity (Wildman–Crippen MR) is 239 cm³/mol. The van der Waals surface area contributed by atoms with E-state index in [1.807, 2.05) is 51.1 Å². The van der Waals surface area contributed by atoms with Crippen molar-refractivity contribution in [2.75, 3.05) is 20.8 Å². The van der Waals surface area contributed by atoms with Crippen molar-refractivity contribution in [3.63, 3.8) is 0 Å². The van der Waals surface area contributed by atoms with Crippen molar-refractivity contribution >= 4 is 29.4 Å². The van der Waals surface area contributed by atoms with Gasteiger partial charge in [0.25, 0.3) is 11.7 Å². The molecular formula is C50H73FN2O11. The van der Waals surface area contributed by atoms with Crippen molar-refractivity contribution in [1.29, 1.82) is 0 Å². The Balaban J connectivity index is 1.51. The first kappa shape index (κ1) is 51.0. The van der Waals surface area contributed by atoms with E-state index in [9.17, 15) is 29.1 Å². The number of halogens is 1. The number of hydrogen-bond donors (Lipinski definition) is 2. The van der Waals surface area contributed by atoms with E-state index in [1.165, 1.54) is 26.0 Å². The van der Waals surface area contributed by atoms with E-state index >= 15 is 4.39 Å². The Morgan fingerprint density at radius 3 is 2.28 bits per heavy atom. The van der Waals surface area contributed by atoms with Crippen LogP contribution in [0.3, 0.4) is 0 Å². The predicted octanol–water partition coefficient (Wildman–Crippen LogP) is 7.03. The summed E-state index contributed by atoms with van der Waals surface area (Å²) in [4.78, 5) is 70.5. The molecule has 0 spiro atoms. The summed E-state index contributed by atoms with van der Waals surface area (Å²) >= 11 is 0. The summed E-state index contributed by atoms with van der Waals surface area (Å²) in [7, 11) is 2.91. The minimum Gasteiger partial charge on any atom is -0.488 e. The maximum Gasteiger partial charge on any atom is 0.329 e. The number of Topliss-reactive ketones (excluding diaryl/α,β-unsaturated/α-hetero) is 2. The number of benzene rings is 1. The van der Waals surface area contributed by atoms with Gasteiger partial charge in [0.05, 0.1) is 18.2 Å². The molecule has 3 fully saturated rings. The molecule has 2 bridgehead atoms. The number of allylic oxidation sites excluding steroid dienone is 3. The Morgan fingerprint density at radius 1 is 0.938 bits per heavy atom. The minimum atomic E-state index is -2.58. The van der Waals surface area contributed by atoms with Crippen molar-refractivity contribution in [3.8, 4) is 5.75 Å². The number of amides is 2. The Morgan fingerprint density at radius 2 is 1.62 bits per heavy atom. The Labute approximate surface area is 379 Å². The summed E-state index contributed by atoms with van der Waals surface area (Å²) in [5.41, 5.74) is 1.17. The van der Waals surface area contributed by atoms with Gasteiger partial charge in [-0.1, -0.05) is 58.0 Å². The van der Waals surface area contributed by atoms with Crippen LogP contribution >= 0.6 is 0 Å². The molecule has 1 aliphatic carbocycles. The lowest BCUT2D eigenvalue weighted by molar-refractivity contribution is -0.302. The summed E-state index contributed by atoms with van der Waals surface area (Å²) in [6.07, 6.45) is 3.27. The highest BCUT2D eigenvalue weighted by molar-refractivity contribution is 6.39. The number of methoxy groups -OCH3 is 2. The highest BCUT2D eigenvalue weighted by Gasteiger charge is 2.56. The van der Waals surface area contributed by atoms with Crippen molar-refractivity contribution in [2.24, 2.45) is 29.6 Å². The monoisotopic (exact) mass is 897 g/mol. The van der Waals surface area contributed by atoms with Gasteiger partial charge in [0.15, 0.2) is 0 Å². The van der Waals surface area contributed by atoms with Gasteiger partial charge in [0.2, 0.25) is 11.7 Å². The number of cyclic esters (lactones) is 1. The summed E-state index contributed by atoms with van der Waals surface area (Å²) in [6.45, 7) is 12.3. The summed E-state index contributed by atoms with van der Waals surface area (Å²) in [5.74, 6) is -7.44. The first-order chi connectivity index (χ1) is 30.4. The molecular weight excluding hydrogens is 824 g/mol. The smallest absolute Gasteiger partial charge is 0.329 e. The van der Waals surface area contributed by atoms with Crippen molar-refractivity contribution in [1.82, 2.24) is 10.2 Å². The number of ketones is 2. The standard InChI is InChI=1S/C50H73FN2O11/c1-10-36-25-30(3)44(51)31(4)26-42(60-8)46-43(61-9)27-33(6)50(59,64-46)47(56)48(57)53-23-15-14-18-39(53)49(58)63-45(29(2)19-22-40(36)55)32(5)24-35-20-21-38(52-34(7)54)41(28-35)62-37-16-12-11-13-17-37/h11-13,16-17,24-25,29,31,33,35-36,38-39,41-46,59H,10,14-15,18-23,26-28H2,1-9H3,(H,52,54)/b30-25+,32-24?. The number of hydrogen-bond acceptors (Lipinski definition) is 11. The van der Waals surface area contributed by atoms with E-state index in [-0.39, 0.29) is 67.9 Å². The number of rotatable bonds is 8. The molecule has 1 aromatic rings. The van der Waals surface area contributed by atoms with Crippen LogP contribution < -0.4 is 10.1 Å². The number of nitrogens with one attached hydrogen (secondary N) is 1. The van der Waals surface area contributed by atoms with Crippen LogP contribution in [0.4, 0.5) is 4.39 Å². The van der Waals surface area contributed by atoms with Gasteiger partial charge in [-0.05, 0) is 119 Å². The van der Waals surface area contributed by atoms with E-state index in [0.717, 1.165) is 12.0 Å². The number of nitrogens with zero attached hydrogens (tertiary/aromatic N) is 1. The van der Waals surface area contributed by atoms with Gasteiger partial charge >= 0.3 is 5.97 Å². The number of carbonyl (C=O) groups is 5. The molecule has 14 atom stereocenters. The average molecular weight is 897 g/mol. The molecule has 14 heteroatoms. The number of aliphatic hydroxyl groups is 1. The molecule has 1 aromatic carbocycles. The topological polar surface area (TPSA) is 167 Å². The first-order valence-corrected chi connectivity index (χ1v) is 23.5. The fourth-order valence-electron chi connectivity index (χ4n) is 10.3. The van der Waals surface area contributed by atoms with E-state index in [0.29, 0.717) is 49.8 Å². The largest absolute Gasteiger partial charge is 0.488 e. The molecule has 356 valence electrons. The lowest BCUT2D eigenvalue weighted by Crippen LogP contribution is -2.64. The van der Waals surface area contributed by atoms with Gasteiger partial charge in [-0.2, -0.15) is 0 Å². The number of ether oxygens (including phenoxy) is 5. The fourth-order valence-corrected chi connectivity index (χ4v) is 10.3. The summed E-state index contributed by atoms with van der Waals surface area (Å²) < 4.78 is 47.0. The molecule has 13 nitrogen and oxygen atoms in total. The molecule has 0 radical (unpaired) electrons. The van der Waals surface area contributed by atoms with Gasteiger partial charge in [0.1, 0.15) is 42.1 Å². The highest BCUT2D eigenvalue weighted by Crippen LogP contribution is 2.40. The number of esters is 1. The number of para-hydroxylation sites is 1. The van der Waals surface area contributed by atoms with Gasteiger partial charge in [-0.15, -0.1) is 0 Å². The van der Waals surface area contributed by atoms with E-state index in [1.54, 1.807) is 26.8 Å². The molecule has 2 saturated heterocycles. The van der Waals surface area contributed by atoms with Crippen LogP contribution in [0.1, 0.15) is 119 Å². The van der Waals surface area contributed by atoms with Crippen LogP contribution in [0.2, 0.25) is 0 Å². The number of carbonyl (C=O) groups excluding carboxylic acids is 5. The zero-order valence-electron chi connectivity index (χ0n) is 39.4. The second kappa shape index (κ2) is 23.0. The maximum atomic E-state index is 16.3. The summed E-state index contributed by atoms with van der Waals surface area (Å²) in [5, 5.41) is 15.1. The molecule has 1 saturated carbocycles. The van der Waals surface area contributed by atoms with E-state index in [2.05, 4.69) is 11.4 Å². The van der Waals surface area contributed by atoms with Gasteiger partial charge in [-0.25, -0.2) is 9.18 Å².